The maximum atomic E-state index is 12.1. The van der Waals surface area contributed by atoms with Crippen molar-refractivity contribution in [2.24, 2.45) is 5.92 Å². The molecule has 1 amide bonds. The van der Waals surface area contributed by atoms with E-state index >= 15 is 0 Å². The van der Waals surface area contributed by atoms with Gasteiger partial charge in [-0.25, -0.2) is 9.67 Å². The third-order valence-electron chi connectivity index (χ3n) is 6.19. The smallest absolute Gasteiger partial charge is 0.223 e. The Balaban J connectivity index is 1.58. The highest BCUT2D eigenvalue weighted by Gasteiger charge is 2.32. The molecule has 4 rings (SSSR count). The minimum atomic E-state index is 0.153. The quantitative estimate of drug-likeness (QED) is 0.798. The molecular formula is C22H30N4O. The summed E-state index contributed by atoms with van der Waals surface area (Å²) in [6.45, 7) is 3.74. The lowest BCUT2D eigenvalue weighted by Gasteiger charge is -2.21. The van der Waals surface area contributed by atoms with E-state index in [-0.39, 0.29) is 11.8 Å². The lowest BCUT2D eigenvalue weighted by molar-refractivity contribution is -0.126. The molecular weight excluding hydrogens is 336 g/mol. The first-order valence-electron chi connectivity index (χ1n) is 10.4. The van der Waals surface area contributed by atoms with E-state index in [4.69, 9.17) is 10.1 Å². The summed E-state index contributed by atoms with van der Waals surface area (Å²) in [4.78, 5) is 18.8. The number of carbonyl (C=O) groups excluding carboxylic acids is 1. The zero-order chi connectivity index (χ0) is 18.8. The molecule has 5 heteroatoms. The number of nitrogens with zero attached hydrogens (tertiary/aromatic N) is 4. The first-order valence-corrected chi connectivity index (χ1v) is 10.4. The number of likely N-dealkylation sites (N-methyl/N-ethyl adjacent to an activating group) is 1. The lowest BCUT2D eigenvalue weighted by atomic mass is 9.87. The van der Waals surface area contributed by atoms with Crippen molar-refractivity contribution in [2.45, 2.75) is 64.3 Å². The van der Waals surface area contributed by atoms with Crippen LogP contribution in [0, 0.1) is 12.8 Å². The summed E-state index contributed by atoms with van der Waals surface area (Å²) >= 11 is 0. The second kappa shape index (κ2) is 7.83. The van der Waals surface area contributed by atoms with Crippen molar-refractivity contribution >= 4 is 5.91 Å². The molecule has 5 nitrogen and oxygen atoms in total. The average Bonchev–Trinajstić information content (AvgIpc) is 3.25. The summed E-state index contributed by atoms with van der Waals surface area (Å²) in [7, 11) is 1.88. The van der Waals surface area contributed by atoms with Crippen LogP contribution in [0.1, 0.15) is 62.3 Å². The van der Waals surface area contributed by atoms with E-state index in [1.807, 2.05) is 11.9 Å². The Bertz CT molecular complexity index is 789. The Morgan fingerprint density at radius 3 is 2.52 bits per heavy atom. The van der Waals surface area contributed by atoms with E-state index in [1.165, 1.54) is 44.1 Å². The van der Waals surface area contributed by atoms with Gasteiger partial charge in [-0.2, -0.15) is 5.10 Å². The van der Waals surface area contributed by atoms with Gasteiger partial charge in [0.25, 0.3) is 0 Å². The Kier molecular flexibility index (Phi) is 5.28. The van der Waals surface area contributed by atoms with Gasteiger partial charge in [-0.1, -0.05) is 61.9 Å². The van der Waals surface area contributed by atoms with Crippen LogP contribution in [-0.2, 0) is 11.3 Å². The molecule has 0 N–H and O–H groups in total. The number of hydrogen-bond donors (Lipinski definition) is 0. The number of benzene rings is 1. The normalized spacial score (nSPS) is 21.2. The van der Waals surface area contributed by atoms with Crippen molar-refractivity contribution in [3.05, 3.63) is 35.7 Å². The maximum Gasteiger partial charge on any atom is 0.223 e. The molecule has 1 saturated heterocycles. The highest BCUT2D eigenvalue weighted by Crippen LogP contribution is 2.30. The van der Waals surface area contributed by atoms with E-state index in [2.05, 4.69) is 35.9 Å². The highest BCUT2D eigenvalue weighted by atomic mass is 16.2. The molecule has 27 heavy (non-hydrogen) atoms. The predicted molar refractivity (Wildman–Crippen MR) is 106 cm³/mol. The van der Waals surface area contributed by atoms with E-state index in [0.717, 1.165) is 36.2 Å². The molecule has 0 spiro atoms. The van der Waals surface area contributed by atoms with Gasteiger partial charge in [0.15, 0.2) is 5.82 Å². The van der Waals surface area contributed by atoms with Gasteiger partial charge < -0.3 is 4.90 Å². The van der Waals surface area contributed by atoms with E-state index in [1.54, 1.807) is 0 Å². The van der Waals surface area contributed by atoms with Crippen molar-refractivity contribution in [3.63, 3.8) is 0 Å². The molecule has 1 aromatic carbocycles. The van der Waals surface area contributed by atoms with Crippen LogP contribution < -0.4 is 0 Å². The maximum absolute atomic E-state index is 12.1. The summed E-state index contributed by atoms with van der Waals surface area (Å²) < 4.78 is 2.10. The zero-order valence-corrected chi connectivity index (χ0v) is 16.5. The van der Waals surface area contributed by atoms with Gasteiger partial charge in [0.1, 0.15) is 5.82 Å². The van der Waals surface area contributed by atoms with Crippen LogP contribution in [0.25, 0.3) is 11.4 Å². The third kappa shape index (κ3) is 4.07. The number of carbonyl (C=O) groups is 1. The summed E-state index contributed by atoms with van der Waals surface area (Å²) in [5, 5.41) is 4.86. The largest absolute Gasteiger partial charge is 0.345 e. The molecule has 0 bridgehead atoms. The Hall–Kier alpha value is -2.17. The summed E-state index contributed by atoms with van der Waals surface area (Å²) in [6, 6.07) is 8.38. The highest BCUT2D eigenvalue weighted by molar-refractivity contribution is 5.79. The van der Waals surface area contributed by atoms with E-state index in [9.17, 15) is 4.79 Å². The summed E-state index contributed by atoms with van der Waals surface area (Å²) in [6.07, 6.45) is 8.53. The Morgan fingerprint density at radius 2 is 1.85 bits per heavy atom. The molecule has 1 unspecified atom stereocenters. The van der Waals surface area contributed by atoms with Gasteiger partial charge in [0.2, 0.25) is 5.91 Å². The Labute approximate surface area is 161 Å². The van der Waals surface area contributed by atoms with Gasteiger partial charge in [0, 0.05) is 38.0 Å². The summed E-state index contributed by atoms with van der Waals surface area (Å²) in [5.74, 6) is 2.94. The standard InChI is InChI=1S/C22H30N4O/c1-16-8-10-18(11-9-16)21-23-22(19-14-20(27)25(2)15-19)26(24-21)13-12-17-6-4-3-5-7-17/h8-11,17,19H,3-7,12-15H2,1-2H3. The predicted octanol–water partition coefficient (Wildman–Crippen LogP) is 4.17. The molecule has 144 valence electrons. The zero-order valence-electron chi connectivity index (χ0n) is 16.5. The van der Waals surface area contributed by atoms with Crippen LogP contribution in [0.4, 0.5) is 0 Å². The van der Waals surface area contributed by atoms with Crippen LogP contribution >= 0.6 is 0 Å². The molecule has 1 aliphatic carbocycles. The van der Waals surface area contributed by atoms with Crippen molar-refractivity contribution in [1.29, 1.82) is 0 Å². The number of hydrogen-bond acceptors (Lipinski definition) is 3. The summed E-state index contributed by atoms with van der Waals surface area (Å²) in [5.41, 5.74) is 2.29. The first-order chi connectivity index (χ1) is 13.1. The molecule has 2 fully saturated rings. The van der Waals surface area contributed by atoms with Crippen molar-refractivity contribution in [1.82, 2.24) is 19.7 Å². The molecule has 2 aliphatic rings. The van der Waals surface area contributed by atoms with Crippen LogP contribution in [0.2, 0.25) is 0 Å². The average molecular weight is 367 g/mol. The minimum Gasteiger partial charge on any atom is -0.345 e. The lowest BCUT2D eigenvalue weighted by Crippen LogP contribution is -2.19. The van der Waals surface area contributed by atoms with E-state index in [0.29, 0.717) is 6.42 Å². The molecule has 2 heterocycles. The first kappa shape index (κ1) is 18.2. The number of amides is 1. The number of likely N-dealkylation sites (tertiary alicyclic amines) is 1. The van der Waals surface area contributed by atoms with Crippen molar-refractivity contribution in [3.8, 4) is 11.4 Å². The van der Waals surface area contributed by atoms with Crippen molar-refractivity contribution < 1.29 is 4.79 Å². The number of aromatic nitrogens is 3. The fourth-order valence-electron chi connectivity index (χ4n) is 4.46. The van der Waals surface area contributed by atoms with Crippen LogP contribution in [0.15, 0.2) is 24.3 Å². The molecule has 1 atom stereocenters. The van der Waals surface area contributed by atoms with Gasteiger partial charge in [-0.15, -0.1) is 0 Å². The molecule has 1 aromatic heterocycles. The van der Waals surface area contributed by atoms with Crippen LogP contribution in [0.3, 0.4) is 0 Å². The minimum absolute atomic E-state index is 0.153. The van der Waals surface area contributed by atoms with Gasteiger partial charge >= 0.3 is 0 Å². The number of aryl methyl sites for hydroxylation is 2. The topological polar surface area (TPSA) is 51.0 Å². The SMILES string of the molecule is Cc1ccc(-c2nc(C3CC(=O)N(C)C3)n(CCC3CCCCC3)n2)cc1. The van der Waals surface area contributed by atoms with Crippen molar-refractivity contribution in [2.75, 3.05) is 13.6 Å². The fraction of sp³-hybridized carbons (Fsp3) is 0.591. The van der Waals surface area contributed by atoms with Gasteiger partial charge in [-0.05, 0) is 19.3 Å². The second-order valence-electron chi connectivity index (χ2n) is 8.35. The van der Waals surface area contributed by atoms with E-state index < -0.39 is 0 Å². The fourth-order valence-corrected chi connectivity index (χ4v) is 4.46. The number of rotatable bonds is 5. The molecule has 2 aromatic rings. The molecule has 1 aliphatic heterocycles. The second-order valence-corrected chi connectivity index (χ2v) is 8.35. The van der Waals surface area contributed by atoms with Gasteiger partial charge in [-0.3, -0.25) is 4.79 Å². The Morgan fingerprint density at radius 1 is 1.11 bits per heavy atom. The monoisotopic (exact) mass is 366 g/mol. The molecule has 1 saturated carbocycles. The van der Waals surface area contributed by atoms with Crippen LogP contribution in [0.5, 0.6) is 0 Å². The third-order valence-corrected chi connectivity index (χ3v) is 6.19. The molecule has 0 radical (unpaired) electrons. The van der Waals surface area contributed by atoms with Crippen LogP contribution in [-0.4, -0.2) is 39.2 Å². The van der Waals surface area contributed by atoms with Gasteiger partial charge in [0.05, 0.1) is 0 Å².